The van der Waals surface area contributed by atoms with Crippen LogP contribution in [0.15, 0.2) is 35.5 Å². The second-order valence-electron chi connectivity index (χ2n) is 6.54. The molecule has 0 saturated carbocycles. The molecule has 0 saturated heterocycles. The molecule has 0 radical (unpaired) electrons. The van der Waals surface area contributed by atoms with Crippen molar-refractivity contribution in [3.63, 3.8) is 0 Å². The first-order chi connectivity index (χ1) is 9.65. The molecular formula is C20H34. The SMILES string of the molecule is C/C=C(\C)CC[C@H](CC)CCCCC1C=CC(C)=CC1. The number of hydrogen-bond donors (Lipinski definition) is 0. The van der Waals surface area contributed by atoms with Gasteiger partial charge < -0.3 is 0 Å². The summed E-state index contributed by atoms with van der Waals surface area (Å²) in [6, 6.07) is 0. The molecule has 0 spiro atoms. The summed E-state index contributed by atoms with van der Waals surface area (Å²) in [7, 11) is 0. The quantitative estimate of drug-likeness (QED) is 0.319. The molecule has 0 heteroatoms. The van der Waals surface area contributed by atoms with Crippen LogP contribution in [0, 0.1) is 11.8 Å². The van der Waals surface area contributed by atoms with E-state index in [1.807, 2.05) is 0 Å². The van der Waals surface area contributed by atoms with E-state index in [2.05, 4.69) is 52.0 Å². The Morgan fingerprint density at radius 1 is 1.35 bits per heavy atom. The summed E-state index contributed by atoms with van der Waals surface area (Å²) in [5.41, 5.74) is 2.99. The van der Waals surface area contributed by atoms with Crippen LogP contribution in [0.4, 0.5) is 0 Å². The van der Waals surface area contributed by atoms with Crippen LogP contribution < -0.4 is 0 Å². The third kappa shape index (κ3) is 7.12. The summed E-state index contributed by atoms with van der Waals surface area (Å²) >= 11 is 0. The molecule has 0 N–H and O–H groups in total. The minimum Gasteiger partial charge on any atom is -0.0887 e. The van der Waals surface area contributed by atoms with E-state index >= 15 is 0 Å². The normalized spacial score (nSPS) is 20.9. The minimum absolute atomic E-state index is 0.809. The van der Waals surface area contributed by atoms with Crippen LogP contribution in [0.25, 0.3) is 0 Å². The summed E-state index contributed by atoms with van der Waals surface area (Å²) in [5, 5.41) is 0. The van der Waals surface area contributed by atoms with Gasteiger partial charge in [-0.2, -0.15) is 0 Å². The van der Waals surface area contributed by atoms with Crippen LogP contribution in [-0.4, -0.2) is 0 Å². The summed E-state index contributed by atoms with van der Waals surface area (Å²) < 4.78 is 0. The predicted molar refractivity (Wildman–Crippen MR) is 91.9 cm³/mol. The third-order valence-electron chi connectivity index (χ3n) is 4.83. The maximum Gasteiger partial charge on any atom is -0.0195 e. The van der Waals surface area contributed by atoms with Gasteiger partial charge in [0.25, 0.3) is 0 Å². The van der Waals surface area contributed by atoms with Crippen molar-refractivity contribution in [1.29, 1.82) is 0 Å². The molecule has 1 rings (SSSR count). The van der Waals surface area contributed by atoms with E-state index in [-0.39, 0.29) is 0 Å². The zero-order valence-corrected chi connectivity index (χ0v) is 14.1. The molecule has 1 aliphatic carbocycles. The molecule has 114 valence electrons. The fraction of sp³-hybridized carbons (Fsp3) is 0.700. The summed E-state index contributed by atoms with van der Waals surface area (Å²) in [4.78, 5) is 0. The van der Waals surface area contributed by atoms with Crippen LogP contribution in [-0.2, 0) is 0 Å². The molecule has 0 aliphatic heterocycles. The van der Waals surface area contributed by atoms with E-state index < -0.39 is 0 Å². The van der Waals surface area contributed by atoms with Gasteiger partial charge in [0.05, 0.1) is 0 Å². The molecule has 0 amide bonds. The van der Waals surface area contributed by atoms with E-state index in [4.69, 9.17) is 0 Å². The lowest BCUT2D eigenvalue weighted by molar-refractivity contribution is 0.405. The van der Waals surface area contributed by atoms with Gasteiger partial charge in [0.2, 0.25) is 0 Å². The van der Waals surface area contributed by atoms with E-state index in [0.29, 0.717) is 0 Å². The first-order valence-corrected chi connectivity index (χ1v) is 8.62. The van der Waals surface area contributed by atoms with Gasteiger partial charge in [-0.05, 0) is 58.3 Å². The first-order valence-electron chi connectivity index (χ1n) is 8.62. The maximum absolute atomic E-state index is 2.42. The van der Waals surface area contributed by atoms with Crippen LogP contribution >= 0.6 is 0 Å². The van der Waals surface area contributed by atoms with Crippen molar-refractivity contribution in [2.75, 3.05) is 0 Å². The second-order valence-corrected chi connectivity index (χ2v) is 6.54. The Morgan fingerprint density at radius 2 is 2.15 bits per heavy atom. The predicted octanol–water partition coefficient (Wildman–Crippen LogP) is 6.84. The second kappa shape index (κ2) is 10.0. The fourth-order valence-electron chi connectivity index (χ4n) is 2.95. The van der Waals surface area contributed by atoms with E-state index in [1.54, 1.807) is 5.57 Å². The molecule has 0 aromatic heterocycles. The van der Waals surface area contributed by atoms with E-state index in [9.17, 15) is 0 Å². The van der Waals surface area contributed by atoms with Crippen molar-refractivity contribution in [2.45, 2.75) is 79.1 Å². The molecule has 0 bridgehead atoms. The monoisotopic (exact) mass is 274 g/mol. The van der Waals surface area contributed by atoms with Gasteiger partial charge in [0.15, 0.2) is 0 Å². The average molecular weight is 274 g/mol. The Balaban J connectivity index is 2.11. The highest BCUT2D eigenvalue weighted by Gasteiger charge is 2.09. The van der Waals surface area contributed by atoms with Crippen LogP contribution in [0.2, 0.25) is 0 Å². The molecule has 0 fully saturated rings. The Kier molecular flexibility index (Phi) is 8.65. The number of allylic oxidation sites excluding steroid dienone is 6. The standard InChI is InChI=1S/C20H34/c1-5-17(3)11-14-19(6-2)9-7-8-10-20-15-12-18(4)13-16-20/h5,12-13,15,19-20H,6-11,14,16H2,1-4H3/b17-5+/t19-,20?/m1/s1. The van der Waals surface area contributed by atoms with Gasteiger partial charge in [0.1, 0.15) is 0 Å². The lowest BCUT2D eigenvalue weighted by Gasteiger charge is -2.17. The summed E-state index contributed by atoms with van der Waals surface area (Å²) in [6.07, 6.45) is 20.3. The van der Waals surface area contributed by atoms with Crippen LogP contribution in [0.3, 0.4) is 0 Å². The minimum atomic E-state index is 0.809. The van der Waals surface area contributed by atoms with E-state index in [1.165, 1.54) is 56.9 Å². The average Bonchev–Trinajstić information content (AvgIpc) is 2.48. The molecule has 0 heterocycles. The lowest BCUT2D eigenvalue weighted by atomic mass is 9.89. The smallest absolute Gasteiger partial charge is 0.0195 e. The Hall–Kier alpha value is -0.780. The molecule has 2 atom stereocenters. The highest BCUT2D eigenvalue weighted by molar-refractivity contribution is 5.21. The van der Waals surface area contributed by atoms with Gasteiger partial charge in [-0.25, -0.2) is 0 Å². The number of rotatable bonds is 9. The molecular weight excluding hydrogens is 240 g/mol. The van der Waals surface area contributed by atoms with Crippen LogP contribution in [0.5, 0.6) is 0 Å². The highest BCUT2D eigenvalue weighted by Crippen LogP contribution is 2.25. The Labute approximate surface area is 127 Å². The molecule has 0 aromatic rings. The zero-order chi connectivity index (χ0) is 14.8. The Morgan fingerprint density at radius 3 is 2.75 bits per heavy atom. The van der Waals surface area contributed by atoms with Gasteiger partial charge in [-0.1, -0.05) is 68.1 Å². The van der Waals surface area contributed by atoms with Crippen molar-refractivity contribution >= 4 is 0 Å². The summed E-state index contributed by atoms with van der Waals surface area (Å²) in [6.45, 7) is 8.97. The van der Waals surface area contributed by atoms with Crippen molar-refractivity contribution in [2.24, 2.45) is 11.8 Å². The highest BCUT2D eigenvalue weighted by atomic mass is 14.1. The van der Waals surface area contributed by atoms with Crippen molar-refractivity contribution in [3.05, 3.63) is 35.5 Å². The topological polar surface area (TPSA) is 0 Å². The molecule has 0 aromatic carbocycles. The molecule has 0 nitrogen and oxygen atoms in total. The number of hydrogen-bond acceptors (Lipinski definition) is 0. The molecule has 20 heavy (non-hydrogen) atoms. The van der Waals surface area contributed by atoms with Crippen molar-refractivity contribution in [3.8, 4) is 0 Å². The van der Waals surface area contributed by atoms with Gasteiger partial charge in [0, 0.05) is 0 Å². The van der Waals surface area contributed by atoms with Gasteiger partial charge >= 0.3 is 0 Å². The largest absolute Gasteiger partial charge is 0.0887 e. The van der Waals surface area contributed by atoms with Gasteiger partial charge in [-0.15, -0.1) is 0 Å². The number of unbranched alkanes of at least 4 members (excludes halogenated alkanes) is 1. The van der Waals surface area contributed by atoms with E-state index in [0.717, 1.165) is 11.8 Å². The van der Waals surface area contributed by atoms with Crippen molar-refractivity contribution in [1.82, 2.24) is 0 Å². The van der Waals surface area contributed by atoms with Crippen molar-refractivity contribution < 1.29 is 0 Å². The Bertz CT molecular complexity index is 343. The maximum atomic E-state index is 2.42. The fourth-order valence-corrected chi connectivity index (χ4v) is 2.95. The molecule has 1 unspecified atom stereocenters. The first kappa shape index (κ1) is 17.3. The molecule has 1 aliphatic rings. The van der Waals surface area contributed by atoms with Gasteiger partial charge in [-0.3, -0.25) is 0 Å². The zero-order valence-electron chi connectivity index (χ0n) is 14.1. The lowest BCUT2D eigenvalue weighted by Crippen LogP contribution is -2.02. The third-order valence-corrected chi connectivity index (χ3v) is 4.83. The summed E-state index contributed by atoms with van der Waals surface area (Å²) in [5.74, 6) is 1.75. The van der Waals surface area contributed by atoms with Crippen LogP contribution in [0.1, 0.15) is 79.1 Å².